The molecule has 2 heterocycles. The third-order valence-electron chi connectivity index (χ3n) is 4.67. The molecule has 1 aliphatic rings. The second-order valence-electron chi connectivity index (χ2n) is 6.48. The Morgan fingerprint density at radius 3 is 2.60 bits per heavy atom. The number of rotatable bonds is 6. The summed E-state index contributed by atoms with van der Waals surface area (Å²) in [5, 5.41) is 27.7. The molecule has 0 saturated heterocycles. The molecule has 0 atom stereocenters. The van der Waals surface area contributed by atoms with Gasteiger partial charge < -0.3 is 24.8 Å². The summed E-state index contributed by atoms with van der Waals surface area (Å²) in [6.45, 7) is 0.738. The van der Waals surface area contributed by atoms with Gasteiger partial charge in [-0.1, -0.05) is 23.8 Å². The van der Waals surface area contributed by atoms with Crippen molar-refractivity contribution < 1.29 is 66.3 Å². The number of para-hydroxylation sites is 2. The molecule has 0 spiro atoms. The van der Waals surface area contributed by atoms with Gasteiger partial charge in [-0.2, -0.15) is 0 Å². The number of aromatic nitrogens is 2. The van der Waals surface area contributed by atoms with Crippen molar-refractivity contribution in [2.45, 2.75) is 0 Å². The largest absolute Gasteiger partial charge is 1.00 e. The molecule has 3 N–H and O–H groups in total. The fraction of sp³-hybridized carbons (Fsp3) is 0.182. The van der Waals surface area contributed by atoms with Gasteiger partial charge >= 0.3 is 51.4 Å². The fourth-order valence-corrected chi connectivity index (χ4v) is 3.32. The standard InChI is InChI=1S/C22H19N4O3.K/c23-8-7-20-17(22-24-18-3-1-2-4-19(18)25-22)13-15-5-6-16(14-21(15)29-20)26(9-11-27)10-12-28;/h1-6,13-14,27-28H,9-12H2,(H,24,25);/q-1;+1. The maximum atomic E-state index is 9.27. The molecule has 4 rings (SSSR count). The van der Waals surface area contributed by atoms with E-state index >= 15 is 0 Å². The van der Waals surface area contributed by atoms with Gasteiger partial charge in [0.05, 0.1) is 30.1 Å². The Bertz CT molecular complexity index is 1110. The maximum Gasteiger partial charge on any atom is 1.00 e. The number of hydrogen-bond donors (Lipinski definition) is 3. The van der Waals surface area contributed by atoms with Crippen molar-refractivity contribution in [3.8, 4) is 11.8 Å². The summed E-state index contributed by atoms with van der Waals surface area (Å²) in [4.78, 5) is 9.71. The first-order chi connectivity index (χ1) is 14.2. The van der Waals surface area contributed by atoms with Crippen LogP contribution in [0.25, 0.3) is 22.7 Å². The first-order valence-electron chi connectivity index (χ1n) is 9.21. The maximum absolute atomic E-state index is 9.27. The van der Waals surface area contributed by atoms with Crippen LogP contribution in [0.3, 0.4) is 0 Å². The van der Waals surface area contributed by atoms with Crippen LogP contribution in [0.4, 0.5) is 5.69 Å². The van der Waals surface area contributed by atoms with E-state index < -0.39 is 0 Å². The molecular weight excluding hydrogens is 407 g/mol. The fourth-order valence-electron chi connectivity index (χ4n) is 3.32. The average molecular weight is 427 g/mol. The van der Waals surface area contributed by atoms with E-state index in [0.29, 0.717) is 30.2 Å². The number of aliphatic hydroxyl groups is 2. The molecule has 1 aromatic heterocycles. The van der Waals surface area contributed by atoms with Crippen molar-refractivity contribution in [1.82, 2.24) is 9.97 Å². The molecule has 146 valence electrons. The van der Waals surface area contributed by atoms with E-state index in [2.05, 4.69) is 16.0 Å². The molecule has 30 heavy (non-hydrogen) atoms. The second kappa shape index (κ2) is 10.4. The van der Waals surface area contributed by atoms with E-state index in [0.717, 1.165) is 22.3 Å². The number of nitrogens with zero attached hydrogens (tertiary/aromatic N) is 3. The van der Waals surface area contributed by atoms with Gasteiger partial charge in [-0.15, -0.1) is 12.2 Å². The van der Waals surface area contributed by atoms with Gasteiger partial charge in [-0.25, -0.2) is 10.2 Å². The molecule has 0 aliphatic carbocycles. The van der Waals surface area contributed by atoms with Gasteiger partial charge in [-0.3, -0.25) is 0 Å². The van der Waals surface area contributed by atoms with Crippen molar-refractivity contribution in [2.24, 2.45) is 0 Å². The van der Waals surface area contributed by atoms with E-state index in [1.54, 1.807) is 0 Å². The summed E-state index contributed by atoms with van der Waals surface area (Å²) in [6.07, 6.45) is 4.50. The predicted octanol–water partition coefficient (Wildman–Crippen LogP) is -0.498. The second-order valence-corrected chi connectivity index (χ2v) is 6.48. The van der Waals surface area contributed by atoms with Crippen molar-refractivity contribution in [1.29, 1.82) is 5.26 Å². The number of anilines is 1. The van der Waals surface area contributed by atoms with Crippen molar-refractivity contribution in [2.75, 3.05) is 31.2 Å². The molecule has 0 unspecified atom stereocenters. The first-order valence-corrected chi connectivity index (χ1v) is 9.21. The number of allylic oxidation sites excluding steroid dienone is 2. The Morgan fingerprint density at radius 1 is 1.13 bits per heavy atom. The van der Waals surface area contributed by atoms with Crippen molar-refractivity contribution in [3.63, 3.8) is 0 Å². The SMILES string of the molecule is N#C[C-]=C1Oc2cc(N(CCO)CCO)ccc2C=C1c1nc2ccccc2[nH]1.[K+]. The topological polar surface area (TPSA) is 105 Å². The van der Waals surface area contributed by atoms with Gasteiger partial charge in [0.25, 0.3) is 0 Å². The molecule has 2 aromatic carbocycles. The first kappa shape index (κ1) is 22.7. The minimum atomic E-state index is -0.0264. The molecule has 0 bridgehead atoms. The number of aliphatic hydroxyl groups excluding tert-OH is 2. The van der Waals surface area contributed by atoms with E-state index in [1.807, 2.05) is 59.5 Å². The zero-order valence-electron chi connectivity index (χ0n) is 16.6. The number of ether oxygens (including phenoxy) is 1. The van der Waals surface area contributed by atoms with Crippen LogP contribution in [0.1, 0.15) is 11.4 Å². The van der Waals surface area contributed by atoms with Crippen LogP contribution in [-0.4, -0.2) is 46.5 Å². The zero-order chi connectivity index (χ0) is 20.2. The molecule has 3 aromatic rings. The number of fused-ring (bicyclic) bond motifs is 2. The molecule has 0 amide bonds. The summed E-state index contributed by atoms with van der Waals surface area (Å²) in [6, 6.07) is 15.2. The van der Waals surface area contributed by atoms with Crippen LogP contribution < -0.4 is 61.0 Å². The molecule has 0 fully saturated rings. The van der Waals surface area contributed by atoms with Gasteiger partial charge in [0, 0.05) is 30.4 Å². The van der Waals surface area contributed by atoms with Crippen molar-refractivity contribution in [3.05, 3.63) is 65.7 Å². The number of aromatic amines is 1. The number of imidazole rings is 1. The summed E-state index contributed by atoms with van der Waals surface area (Å²) < 4.78 is 5.99. The minimum absolute atomic E-state index is 0. The summed E-state index contributed by atoms with van der Waals surface area (Å²) in [5.74, 6) is 1.45. The number of H-pyrrole nitrogens is 1. The van der Waals surface area contributed by atoms with Crippen LogP contribution in [-0.2, 0) is 0 Å². The normalized spacial score (nSPS) is 13.8. The summed E-state index contributed by atoms with van der Waals surface area (Å²) in [7, 11) is 0. The van der Waals surface area contributed by atoms with Crippen LogP contribution in [0.15, 0.2) is 48.2 Å². The molecule has 0 radical (unpaired) electrons. The van der Waals surface area contributed by atoms with Gasteiger partial charge in [0.15, 0.2) is 0 Å². The smallest absolute Gasteiger partial charge is 0.493 e. The predicted molar refractivity (Wildman–Crippen MR) is 110 cm³/mol. The molecular formula is C22H19KN4O3. The van der Waals surface area contributed by atoms with Crippen molar-refractivity contribution >= 4 is 28.4 Å². The summed E-state index contributed by atoms with van der Waals surface area (Å²) in [5.41, 5.74) is 4.00. The monoisotopic (exact) mass is 426 g/mol. The molecule has 8 heteroatoms. The number of nitriles is 1. The molecule has 1 aliphatic heterocycles. The average Bonchev–Trinajstić information content (AvgIpc) is 3.17. The van der Waals surface area contributed by atoms with Gasteiger partial charge in [0.1, 0.15) is 5.75 Å². The van der Waals surface area contributed by atoms with E-state index in [-0.39, 0.29) is 70.4 Å². The van der Waals surface area contributed by atoms with Crippen LogP contribution in [0, 0.1) is 17.4 Å². The van der Waals surface area contributed by atoms with Crippen LogP contribution in [0.5, 0.6) is 5.75 Å². The molecule has 7 nitrogen and oxygen atoms in total. The van der Waals surface area contributed by atoms with E-state index in [1.165, 1.54) is 0 Å². The van der Waals surface area contributed by atoms with Gasteiger partial charge in [0.2, 0.25) is 0 Å². The number of benzene rings is 2. The summed E-state index contributed by atoms with van der Waals surface area (Å²) >= 11 is 0. The van der Waals surface area contributed by atoms with Crippen LogP contribution >= 0.6 is 0 Å². The number of hydrogen-bond acceptors (Lipinski definition) is 6. The Morgan fingerprint density at radius 2 is 1.90 bits per heavy atom. The molecule has 0 saturated carbocycles. The van der Waals surface area contributed by atoms with Crippen LogP contribution in [0.2, 0.25) is 0 Å². The van der Waals surface area contributed by atoms with E-state index in [9.17, 15) is 15.5 Å². The Labute approximate surface area is 216 Å². The van der Waals surface area contributed by atoms with Gasteiger partial charge in [-0.05, 0) is 30.0 Å². The number of nitrogens with one attached hydrogen (secondary N) is 1. The third-order valence-corrected chi connectivity index (χ3v) is 4.67. The Hall–Kier alpha value is -1.96. The minimum Gasteiger partial charge on any atom is -0.493 e. The van der Waals surface area contributed by atoms with E-state index in [4.69, 9.17) is 4.74 Å². The zero-order valence-corrected chi connectivity index (χ0v) is 19.7. The Balaban J connectivity index is 0.00000256. The Kier molecular flexibility index (Phi) is 7.85. The quantitative estimate of drug-likeness (QED) is 0.279. The third kappa shape index (κ3) is 4.68.